The van der Waals surface area contributed by atoms with Gasteiger partial charge >= 0.3 is 0 Å². The first-order valence-corrected chi connectivity index (χ1v) is 15.1. The number of methoxy groups -OCH3 is 12. The van der Waals surface area contributed by atoms with E-state index in [1.54, 1.807) is 78.2 Å². The minimum absolute atomic E-state index is 0.121. The summed E-state index contributed by atoms with van der Waals surface area (Å²) in [7, 11) is 18.8. The summed E-state index contributed by atoms with van der Waals surface area (Å²) in [6.07, 6.45) is -9.65. The Kier molecular flexibility index (Phi) is 20.0. The number of rotatable bonds is 23. The van der Waals surface area contributed by atoms with Crippen LogP contribution in [0.1, 0.15) is 0 Å². The first kappa shape index (κ1) is 41.5. The maximum Gasteiger partial charge on any atom is 0.187 e. The zero-order valence-corrected chi connectivity index (χ0v) is 29.4. The molecule has 274 valence electrons. The van der Waals surface area contributed by atoms with Gasteiger partial charge in [0.05, 0.1) is 26.4 Å². The van der Waals surface area contributed by atoms with Gasteiger partial charge in [0.15, 0.2) is 12.6 Å². The van der Waals surface area contributed by atoms with Crippen molar-refractivity contribution in [1.82, 2.24) is 0 Å². The molecule has 2 heterocycles. The van der Waals surface area contributed by atoms with Crippen LogP contribution in [-0.2, 0) is 75.8 Å². The maximum absolute atomic E-state index is 6.67. The molecule has 0 aliphatic carbocycles. The van der Waals surface area contributed by atoms with Crippen LogP contribution in [0.15, 0.2) is 0 Å². The molecule has 2 saturated heterocycles. The van der Waals surface area contributed by atoms with Crippen molar-refractivity contribution in [3.05, 3.63) is 0 Å². The summed E-state index contributed by atoms with van der Waals surface area (Å²) in [5, 5.41) is 0. The van der Waals surface area contributed by atoms with E-state index in [0.29, 0.717) is 0 Å². The smallest absolute Gasteiger partial charge is 0.187 e. The molecule has 0 aromatic rings. The maximum atomic E-state index is 6.67. The molecule has 2 rings (SSSR count). The molecule has 2 aliphatic rings. The van der Waals surface area contributed by atoms with Gasteiger partial charge in [-0.25, -0.2) is 0 Å². The SMILES string of the molecule is COC[C@H](OC)[C@H](OC)[C@H](O[C@@H]1O[C@H](COC)[C@@H](O[C@@H]2O[C@H](COC)[C@@H](OC)[C@H](OC)[C@H]2OC)[C@H](OC)[C@H]1OC)[C@@H](COC)OC. The number of ether oxygens (including phenoxy) is 16. The third-order valence-corrected chi connectivity index (χ3v) is 8.38. The highest BCUT2D eigenvalue weighted by Crippen LogP contribution is 2.35. The van der Waals surface area contributed by atoms with Crippen molar-refractivity contribution in [2.45, 2.75) is 85.8 Å². The molecule has 0 amide bonds. The van der Waals surface area contributed by atoms with Crippen LogP contribution in [0.4, 0.5) is 0 Å². The fraction of sp³-hybridized carbons (Fsp3) is 1.00. The van der Waals surface area contributed by atoms with Crippen LogP contribution in [0, 0.1) is 0 Å². The Morgan fingerprint density at radius 3 is 1.30 bits per heavy atom. The molecule has 14 atom stereocenters. The van der Waals surface area contributed by atoms with Crippen molar-refractivity contribution in [2.75, 3.05) is 112 Å². The summed E-state index contributed by atoms with van der Waals surface area (Å²) >= 11 is 0. The van der Waals surface area contributed by atoms with Crippen LogP contribution in [0.3, 0.4) is 0 Å². The van der Waals surface area contributed by atoms with E-state index < -0.39 is 85.8 Å². The summed E-state index contributed by atoms with van der Waals surface area (Å²) in [6.45, 7) is 0.783. The molecule has 0 unspecified atom stereocenters. The normalized spacial score (nSPS) is 34.7. The van der Waals surface area contributed by atoms with E-state index in [4.69, 9.17) is 75.8 Å². The lowest BCUT2D eigenvalue weighted by atomic mass is 9.96. The quantitative estimate of drug-likeness (QED) is 0.142. The van der Waals surface area contributed by atoms with Crippen LogP contribution in [0.5, 0.6) is 0 Å². The van der Waals surface area contributed by atoms with Crippen LogP contribution >= 0.6 is 0 Å². The average molecular weight is 675 g/mol. The minimum atomic E-state index is -0.997. The Hall–Kier alpha value is -0.640. The lowest BCUT2D eigenvalue weighted by Crippen LogP contribution is -2.67. The van der Waals surface area contributed by atoms with Crippen molar-refractivity contribution in [3.8, 4) is 0 Å². The van der Waals surface area contributed by atoms with E-state index in [0.717, 1.165) is 0 Å². The van der Waals surface area contributed by atoms with E-state index >= 15 is 0 Å². The summed E-state index contributed by atoms with van der Waals surface area (Å²) < 4.78 is 94.8. The second kappa shape index (κ2) is 22.2. The van der Waals surface area contributed by atoms with Crippen molar-refractivity contribution >= 4 is 0 Å². The van der Waals surface area contributed by atoms with Crippen molar-refractivity contribution in [2.24, 2.45) is 0 Å². The number of hydrogen-bond acceptors (Lipinski definition) is 16. The van der Waals surface area contributed by atoms with Crippen LogP contribution < -0.4 is 0 Å². The average Bonchev–Trinajstić information content (AvgIpc) is 3.07. The summed E-state index contributed by atoms with van der Waals surface area (Å²) in [5.74, 6) is 0. The molecule has 2 aliphatic heterocycles. The highest BCUT2D eigenvalue weighted by molar-refractivity contribution is 4.97. The zero-order chi connectivity index (χ0) is 34.2. The standard InChI is InChI=1S/C30H58O16/c1-31-13-17(35-5)21(37-7)23(18(36-6)14-32-2)45-30-28(42-12)26(40-10)24(20(44-30)16-34-4)46-29-27(41-11)25(39-9)22(38-8)19(43-29)15-33-3/h17-30H,13-16H2,1-12H3/t17-,18+,19+,20+,21-,22+,23+,24+,25-,26-,27+,28+,29-,30-/m0/s1. The summed E-state index contributed by atoms with van der Waals surface area (Å²) in [5.41, 5.74) is 0. The van der Waals surface area contributed by atoms with Gasteiger partial charge in [-0.2, -0.15) is 0 Å². The second-order valence-electron chi connectivity index (χ2n) is 10.9. The van der Waals surface area contributed by atoms with Gasteiger partial charge < -0.3 is 75.8 Å². The molecule has 16 nitrogen and oxygen atoms in total. The van der Waals surface area contributed by atoms with Crippen LogP contribution in [-0.4, -0.2) is 198 Å². The van der Waals surface area contributed by atoms with Crippen molar-refractivity contribution in [1.29, 1.82) is 0 Å². The van der Waals surface area contributed by atoms with Gasteiger partial charge in [-0.15, -0.1) is 0 Å². The molecular weight excluding hydrogens is 616 g/mol. The van der Waals surface area contributed by atoms with Gasteiger partial charge in [-0.05, 0) is 0 Å². The number of hydrogen-bond donors (Lipinski definition) is 0. The Morgan fingerprint density at radius 1 is 0.435 bits per heavy atom. The van der Waals surface area contributed by atoms with Gasteiger partial charge in [0.1, 0.15) is 73.2 Å². The van der Waals surface area contributed by atoms with E-state index in [9.17, 15) is 0 Å². The Balaban J connectivity index is 2.48. The third kappa shape index (κ3) is 10.2. The molecule has 0 aromatic heterocycles. The van der Waals surface area contributed by atoms with E-state index in [-0.39, 0.29) is 26.4 Å². The lowest BCUT2D eigenvalue weighted by molar-refractivity contribution is -0.375. The first-order chi connectivity index (χ1) is 22.3. The van der Waals surface area contributed by atoms with Gasteiger partial charge in [0, 0.05) is 85.3 Å². The van der Waals surface area contributed by atoms with Gasteiger partial charge in [-0.3, -0.25) is 0 Å². The Morgan fingerprint density at radius 2 is 0.870 bits per heavy atom. The van der Waals surface area contributed by atoms with Crippen LogP contribution in [0.25, 0.3) is 0 Å². The monoisotopic (exact) mass is 674 g/mol. The fourth-order valence-corrected chi connectivity index (χ4v) is 6.16. The second-order valence-corrected chi connectivity index (χ2v) is 10.9. The van der Waals surface area contributed by atoms with Gasteiger partial charge in [0.2, 0.25) is 0 Å². The molecule has 0 radical (unpaired) electrons. The molecule has 0 bridgehead atoms. The molecule has 16 heteroatoms. The van der Waals surface area contributed by atoms with E-state index in [1.807, 2.05) is 0 Å². The van der Waals surface area contributed by atoms with Crippen molar-refractivity contribution in [3.63, 3.8) is 0 Å². The molecule has 0 saturated carbocycles. The predicted octanol–water partition coefficient (Wildman–Crippen LogP) is -0.0878. The highest BCUT2D eigenvalue weighted by Gasteiger charge is 2.54. The molecule has 0 N–H and O–H groups in total. The first-order valence-electron chi connectivity index (χ1n) is 15.1. The topological polar surface area (TPSA) is 148 Å². The van der Waals surface area contributed by atoms with Crippen molar-refractivity contribution < 1.29 is 75.8 Å². The largest absolute Gasteiger partial charge is 0.382 e. The van der Waals surface area contributed by atoms with E-state index in [2.05, 4.69) is 0 Å². The third-order valence-electron chi connectivity index (χ3n) is 8.38. The van der Waals surface area contributed by atoms with E-state index in [1.165, 1.54) is 7.11 Å². The predicted molar refractivity (Wildman–Crippen MR) is 161 cm³/mol. The zero-order valence-electron chi connectivity index (χ0n) is 29.4. The highest BCUT2D eigenvalue weighted by atomic mass is 16.8. The summed E-state index contributed by atoms with van der Waals surface area (Å²) in [6, 6.07) is 0. The lowest BCUT2D eigenvalue weighted by Gasteiger charge is -2.50. The Bertz CT molecular complexity index is 781. The van der Waals surface area contributed by atoms with Crippen LogP contribution in [0.2, 0.25) is 0 Å². The molecule has 2 fully saturated rings. The summed E-state index contributed by atoms with van der Waals surface area (Å²) in [4.78, 5) is 0. The Labute approximate surface area is 273 Å². The molecular formula is C30H58O16. The molecule has 0 aromatic carbocycles. The minimum Gasteiger partial charge on any atom is -0.382 e. The fourth-order valence-electron chi connectivity index (χ4n) is 6.16. The van der Waals surface area contributed by atoms with Gasteiger partial charge in [0.25, 0.3) is 0 Å². The van der Waals surface area contributed by atoms with Gasteiger partial charge in [-0.1, -0.05) is 0 Å². The molecule has 0 spiro atoms. The molecule has 46 heavy (non-hydrogen) atoms.